The van der Waals surface area contributed by atoms with Crippen LogP contribution in [0.4, 0.5) is 10.1 Å². The van der Waals surface area contributed by atoms with E-state index in [-0.39, 0.29) is 4.90 Å². The van der Waals surface area contributed by atoms with Crippen LogP contribution < -0.4 is 9.73 Å². The van der Waals surface area contributed by atoms with Crippen LogP contribution in [-0.4, -0.2) is 31.7 Å². The lowest BCUT2D eigenvalue weighted by Gasteiger charge is -2.23. The second kappa shape index (κ2) is 11.2. The van der Waals surface area contributed by atoms with Crippen molar-refractivity contribution in [2.45, 2.75) is 39.5 Å². The SMILES string of the molecule is Cc1ccc(N(CC(=O)N/N=C\c2cc(C)n(-c3cc(C)cc(C)c3)c2C)S(=O)(=O)c2ccc(F)cc2)cc1. The molecule has 39 heavy (non-hydrogen) atoms. The summed E-state index contributed by atoms with van der Waals surface area (Å²) < 4.78 is 43.4. The highest BCUT2D eigenvalue weighted by Gasteiger charge is 2.27. The van der Waals surface area contributed by atoms with Crippen LogP contribution in [0.1, 0.15) is 33.6 Å². The maximum Gasteiger partial charge on any atom is 0.264 e. The molecule has 3 aromatic carbocycles. The minimum absolute atomic E-state index is 0.125. The Morgan fingerprint density at radius 3 is 2.13 bits per heavy atom. The Kier molecular flexibility index (Phi) is 8.01. The summed E-state index contributed by atoms with van der Waals surface area (Å²) in [5.74, 6) is -1.18. The topological polar surface area (TPSA) is 83.8 Å². The van der Waals surface area contributed by atoms with E-state index in [4.69, 9.17) is 0 Å². The second-order valence-electron chi connectivity index (χ2n) is 9.60. The summed E-state index contributed by atoms with van der Waals surface area (Å²) >= 11 is 0. The standard InChI is InChI=1S/C30H31FN4O3S/c1-20-6-10-27(11-7-20)34(39(37,38)29-12-8-26(31)9-13-29)19-30(36)33-32-18-25-17-23(4)35(24(25)5)28-15-21(2)14-22(3)16-28/h6-18H,19H2,1-5H3,(H,33,36)/b32-18-. The van der Waals surface area contributed by atoms with Crippen molar-refractivity contribution in [3.8, 4) is 5.69 Å². The van der Waals surface area contributed by atoms with E-state index in [2.05, 4.69) is 47.1 Å². The molecule has 1 N–H and O–H groups in total. The molecule has 0 aliphatic rings. The van der Waals surface area contributed by atoms with Crippen molar-refractivity contribution in [3.63, 3.8) is 0 Å². The van der Waals surface area contributed by atoms with Crippen LogP contribution in [0, 0.1) is 40.4 Å². The molecule has 202 valence electrons. The number of aryl methyl sites for hydroxylation is 4. The number of halogens is 1. The molecule has 0 unspecified atom stereocenters. The van der Waals surface area contributed by atoms with E-state index in [0.717, 1.165) is 55.8 Å². The average Bonchev–Trinajstić information content (AvgIpc) is 3.15. The van der Waals surface area contributed by atoms with Crippen molar-refractivity contribution in [1.82, 2.24) is 9.99 Å². The van der Waals surface area contributed by atoms with Gasteiger partial charge in [-0.3, -0.25) is 9.10 Å². The first-order valence-corrected chi connectivity index (χ1v) is 13.8. The van der Waals surface area contributed by atoms with E-state index in [1.165, 1.54) is 12.1 Å². The van der Waals surface area contributed by atoms with Gasteiger partial charge in [0, 0.05) is 22.6 Å². The zero-order valence-electron chi connectivity index (χ0n) is 22.6. The number of benzene rings is 3. The molecule has 1 aromatic heterocycles. The Bertz CT molecular complexity index is 1620. The number of aromatic nitrogens is 1. The minimum atomic E-state index is -4.15. The van der Waals surface area contributed by atoms with Crippen LogP contribution in [0.2, 0.25) is 0 Å². The highest BCUT2D eigenvalue weighted by atomic mass is 32.2. The summed E-state index contributed by atoms with van der Waals surface area (Å²) in [5.41, 5.74) is 9.85. The average molecular weight is 547 g/mol. The number of hydrogen-bond donors (Lipinski definition) is 1. The Labute approximate surface area is 228 Å². The van der Waals surface area contributed by atoms with E-state index in [1.807, 2.05) is 26.8 Å². The summed E-state index contributed by atoms with van der Waals surface area (Å²) in [5, 5.41) is 4.10. The zero-order valence-corrected chi connectivity index (χ0v) is 23.4. The first kappa shape index (κ1) is 27.8. The highest BCUT2D eigenvalue weighted by Crippen LogP contribution is 2.25. The predicted molar refractivity (Wildman–Crippen MR) is 153 cm³/mol. The van der Waals surface area contributed by atoms with Gasteiger partial charge in [0.15, 0.2) is 0 Å². The van der Waals surface area contributed by atoms with E-state index < -0.39 is 28.3 Å². The van der Waals surface area contributed by atoms with Gasteiger partial charge in [-0.1, -0.05) is 23.8 Å². The van der Waals surface area contributed by atoms with Crippen LogP contribution in [0.15, 0.2) is 82.8 Å². The molecule has 1 amide bonds. The third-order valence-electron chi connectivity index (χ3n) is 6.34. The molecular weight excluding hydrogens is 515 g/mol. The monoisotopic (exact) mass is 546 g/mol. The van der Waals surface area contributed by atoms with Gasteiger partial charge in [0.2, 0.25) is 0 Å². The van der Waals surface area contributed by atoms with Crippen LogP contribution in [0.25, 0.3) is 5.69 Å². The molecule has 0 saturated carbocycles. The number of carbonyl (C=O) groups excluding carboxylic acids is 1. The number of amides is 1. The lowest BCUT2D eigenvalue weighted by atomic mass is 10.1. The zero-order chi connectivity index (χ0) is 28.3. The summed E-state index contributed by atoms with van der Waals surface area (Å²) in [6.07, 6.45) is 1.55. The Morgan fingerprint density at radius 2 is 1.51 bits per heavy atom. The van der Waals surface area contributed by atoms with Gasteiger partial charge in [-0.15, -0.1) is 0 Å². The molecule has 0 aliphatic carbocycles. The fourth-order valence-electron chi connectivity index (χ4n) is 4.49. The molecule has 0 fully saturated rings. The summed E-state index contributed by atoms with van der Waals surface area (Å²) in [7, 11) is -4.15. The molecule has 0 bridgehead atoms. The number of rotatable bonds is 8. The summed E-state index contributed by atoms with van der Waals surface area (Å²) in [4.78, 5) is 12.7. The van der Waals surface area contributed by atoms with Crippen LogP contribution >= 0.6 is 0 Å². The highest BCUT2D eigenvalue weighted by molar-refractivity contribution is 7.92. The molecular formula is C30H31FN4O3S. The molecule has 4 rings (SSSR count). The number of anilines is 1. The van der Waals surface area contributed by atoms with Gasteiger partial charge < -0.3 is 4.57 Å². The predicted octanol–water partition coefficient (Wildman–Crippen LogP) is 5.50. The van der Waals surface area contributed by atoms with Gasteiger partial charge in [-0.2, -0.15) is 5.10 Å². The van der Waals surface area contributed by atoms with Crippen molar-refractivity contribution in [1.29, 1.82) is 0 Å². The van der Waals surface area contributed by atoms with Crippen molar-refractivity contribution in [2.24, 2.45) is 5.10 Å². The molecule has 0 aliphatic heterocycles. The van der Waals surface area contributed by atoms with Crippen LogP contribution in [-0.2, 0) is 14.8 Å². The lowest BCUT2D eigenvalue weighted by molar-refractivity contribution is -0.119. The fourth-order valence-corrected chi connectivity index (χ4v) is 5.92. The number of carbonyl (C=O) groups is 1. The van der Waals surface area contributed by atoms with E-state index in [0.29, 0.717) is 5.69 Å². The van der Waals surface area contributed by atoms with Gasteiger partial charge in [-0.25, -0.2) is 18.2 Å². The lowest BCUT2D eigenvalue weighted by Crippen LogP contribution is -2.39. The Balaban J connectivity index is 1.56. The Morgan fingerprint density at radius 1 is 0.897 bits per heavy atom. The number of nitrogens with one attached hydrogen (secondary N) is 1. The summed E-state index contributed by atoms with van der Waals surface area (Å²) in [6, 6.07) is 19.5. The number of sulfonamides is 1. The molecule has 0 atom stereocenters. The van der Waals surface area contributed by atoms with Crippen LogP contribution in [0.5, 0.6) is 0 Å². The van der Waals surface area contributed by atoms with Gasteiger partial charge in [0.05, 0.1) is 16.8 Å². The molecule has 4 aromatic rings. The number of hydrogen-bond acceptors (Lipinski definition) is 4. The number of hydrazone groups is 1. The molecule has 7 nitrogen and oxygen atoms in total. The van der Waals surface area contributed by atoms with Crippen molar-refractivity contribution in [3.05, 3.63) is 112 Å². The molecule has 1 heterocycles. The van der Waals surface area contributed by atoms with E-state index >= 15 is 0 Å². The fraction of sp³-hybridized carbons (Fsp3) is 0.200. The van der Waals surface area contributed by atoms with E-state index in [1.54, 1.807) is 30.5 Å². The van der Waals surface area contributed by atoms with E-state index in [9.17, 15) is 17.6 Å². The smallest absolute Gasteiger partial charge is 0.264 e. The largest absolute Gasteiger partial charge is 0.318 e. The van der Waals surface area contributed by atoms with Gasteiger partial charge in [0.1, 0.15) is 12.4 Å². The third kappa shape index (κ3) is 6.26. The normalized spacial score (nSPS) is 11.6. The van der Waals surface area contributed by atoms with Crippen molar-refractivity contribution >= 4 is 27.8 Å². The molecule has 0 spiro atoms. The van der Waals surface area contributed by atoms with Gasteiger partial charge in [0.25, 0.3) is 15.9 Å². The molecule has 0 radical (unpaired) electrons. The van der Waals surface area contributed by atoms with Gasteiger partial charge >= 0.3 is 0 Å². The quantitative estimate of drug-likeness (QED) is 0.234. The van der Waals surface area contributed by atoms with Gasteiger partial charge in [-0.05, 0) is 100 Å². The van der Waals surface area contributed by atoms with Crippen LogP contribution in [0.3, 0.4) is 0 Å². The summed E-state index contributed by atoms with van der Waals surface area (Å²) in [6.45, 7) is 9.45. The maximum atomic E-state index is 13.4. The molecule has 9 heteroatoms. The van der Waals surface area contributed by atoms with Crippen molar-refractivity contribution < 1.29 is 17.6 Å². The third-order valence-corrected chi connectivity index (χ3v) is 8.13. The maximum absolute atomic E-state index is 13.4. The Hall–Kier alpha value is -4.24. The van der Waals surface area contributed by atoms with Crippen molar-refractivity contribution in [2.75, 3.05) is 10.8 Å². The minimum Gasteiger partial charge on any atom is -0.318 e. The number of nitrogens with zero attached hydrogens (tertiary/aromatic N) is 3. The first-order chi connectivity index (χ1) is 18.5. The first-order valence-electron chi connectivity index (χ1n) is 12.4. The molecule has 0 saturated heterocycles. The second-order valence-corrected chi connectivity index (χ2v) is 11.5.